The molecule has 0 saturated heterocycles. The van der Waals surface area contributed by atoms with Crippen molar-refractivity contribution in [1.29, 1.82) is 0 Å². The lowest BCUT2D eigenvalue weighted by atomic mass is 10.1. The zero-order chi connectivity index (χ0) is 12.4. The minimum absolute atomic E-state index is 0.783. The van der Waals surface area contributed by atoms with Gasteiger partial charge >= 0.3 is 0 Å². The summed E-state index contributed by atoms with van der Waals surface area (Å²) in [5, 5.41) is 0. The van der Waals surface area contributed by atoms with Crippen molar-refractivity contribution < 1.29 is 0 Å². The zero-order valence-corrected chi connectivity index (χ0v) is 12.6. The topological polar surface area (TPSA) is 3.24 Å². The molecular weight excluding hydrogens is 214 g/mol. The SMILES string of the molecule is CCC(CC)N(CCCCCS)CC(C)C. The molecule has 0 bridgehead atoms. The molecule has 0 atom stereocenters. The van der Waals surface area contributed by atoms with Crippen molar-refractivity contribution in [2.75, 3.05) is 18.8 Å². The van der Waals surface area contributed by atoms with E-state index in [0.29, 0.717) is 0 Å². The molecule has 0 aromatic heterocycles. The van der Waals surface area contributed by atoms with Gasteiger partial charge in [0.15, 0.2) is 0 Å². The third kappa shape index (κ3) is 7.56. The summed E-state index contributed by atoms with van der Waals surface area (Å²) in [6.07, 6.45) is 6.51. The molecule has 0 heterocycles. The molecule has 0 aromatic carbocycles. The Bertz CT molecular complexity index is 144. The minimum Gasteiger partial charge on any atom is -0.300 e. The van der Waals surface area contributed by atoms with Crippen LogP contribution in [0.2, 0.25) is 0 Å². The van der Waals surface area contributed by atoms with Gasteiger partial charge in [-0.2, -0.15) is 12.6 Å². The van der Waals surface area contributed by atoms with Gasteiger partial charge in [-0.05, 0) is 43.9 Å². The van der Waals surface area contributed by atoms with Crippen LogP contribution in [-0.4, -0.2) is 29.8 Å². The van der Waals surface area contributed by atoms with E-state index in [-0.39, 0.29) is 0 Å². The molecule has 0 amide bonds. The highest BCUT2D eigenvalue weighted by Gasteiger charge is 2.15. The summed E-state index contributed by atoms with van der Waals surface area (Å²) in [7, 11) is 0. The van der Waals surface area contributed by atoms with Gasteiger partial charge in [0.05, 0.1) is 0 Å². The van der Waals surface area contributed by atoms with Crippen LogP contribution in [0.25, 0.3) is 0 Å². The fourth-order valence-electron chi connectivity index (χ4n) is 2.30. The van der Waals surface area contributed by atoms with Crippen LogP contribution in [0.1, 0.15) is 59.8 Å². The maximum Gasteiger partial charge on any atom is 0.00901 e. The van der Waals surface area contributed by atoms with Gasteiger partial charge in [-0.3, -0.25) is 0 Å². The number of unbranched alkanes of at least 4 members (excludes halogenated alkanes) is 2. The number of rotatable bonds is 10. The van der Waals surface area contributed by atoms with Crippen LogP contribution in [0, 0.1) is 5.92 Å². The minimum atomic E-state index is 0.783. The smallest absolute Gasteiger partial charge is 0.00901 e. The quantitative estimate of drug-likeness (QED) is 0.445. The first-order valence-corrected chi connectivity index (χ1v) is 7.63. The van der Waals surface area contributed by atoms with E-state index in [1.807, 2.05) is 0 Å². The first kappa shape index (κ1) is 16.3. The fraction of sp³-hybridized carbons (Fsp3) is 1.00. The van der Waals surface area contributed by atoms with Crippen molar-refractivity contribution in [2.45, 2.75) is 65.8 Å². The van der Waals surface area contributed by atoms with E-state index in [0.717, 1.165) is 17.7 Å². The number of thiol groups is 1. The molecule has 0 N–H and O–H groups in total. The molecule has 16 heavy (non-hydrogen) atoms. The van der Waals surface area contributed by atoms with Gasteiger partial charge in [-0.1, -0.05) is 34.1 Å². The largest absolute Gasteiger partial charge is 0.300 e. The summed E-state index contributed by atoms with van der Waals surface area (Å²) >= 11 is 4.26. The predicted octanol–water partition coefficient (Wildman–Crippen LogP) is 4.23. The van der Waals surface area contributed by atoms with E-state index in [9.17, 15) is 0 Å². The van der Waals surface area contributed by atoms with Crippen molar-refractivity contribution in [2.24, 2.45) is 5.92 Å². The van der Waals surface area contributed by atoms with Crippen molar-refractivity contribution in [3.8, 4) is 0 Å². The lowest BCUT2D eigenvalue weighted by Gasteiger charge is -2.32. The second-order valence-electron chi connectivity index (χ2n) is 5.14. The van der Waals surface area contributed by atoms with E-state index in [1.165, 1.54) is 45.2 Å². The molecule has 0 spiro atoms. The summed E-state index contributed by atoms with van der Waals surface area (Å²) in [5.74, 6) is 1.82. The highest BCUT2D eigenvalue weighted by atomic mass is 32.1. The Balaban J connectivity index is 3.98. The highest BCUT2D eigenvalue weighted by Crippen LogP contribution is 2.13. The van der Waals surface area contributed by atoms with Crippen molar-refractivity contribution in [1.82, 2.24) is 4.90 Å². The molecule has 0 unspecified atom stereocenters. The fourth-order valence-corrected chi connectivity index (χ4v) is 2.52. The van der Waals surface area contributed by atoms with E-state index in [1.54, 1.807) is 0 Å². The number of hydrogen-bond donors (Lipinski definition) is 1. The third-order valence-corrected chi connectivity index (χ3v) is 3.48. The molecule has 2 heteroatoms. The van der Waals surface area contributed by atoms with Gasteiger partial charge in [0.1, 0.15) is 0 Å². The van der Waals surface area contributed by atoms with Gasteiger partial charge in [0.2, 0.25) is 0 Å². The lowest BCUT2D eigenvalue weighted by Crippen LogP contribution is -2.38. The average Bonchev–Trinajstić information content (AvgIpc) is 2.25. The van der Waals surface area contributed by atoms with Crippen molar-refractivity contribution in [3.05, 3.63) is 0 Å². The Hall–Kier alpha value is 0.310. The van der Waals surface area contributed by atoms with Crippen LogP contribution in [-0.2, 0) is 0 Å². The van der Waals surface area contributed by atoms with Gasteiger partial charge in [0, 0.05) is 12.6 Å². The lowest BCUT2D eigenvalue weighted by molar-refractivity contribution is 0.163. The molecule has 0 fully saturated rings. The molecule has 0 radical (unpaired) electrons. The highest BCUT2D eigenvalue weighted by molar-refractivity contribution is 7.80. The van der Waals surface area contributed by atoms with Gasteiger partial charge < -0.3 is 4.90 Å². The maximum absolute atomic E-state index is 4.26. The molecular formula is C14H31NS. The molecule has 0 aromatic rings. The molecule has 0 rings (SSSR count). The first-order valence-electron chi connectivity index (χ1n) is 7.00. The van der Waals surface area contributed by atoms with Gasteiger partial charge in [-0.15, -0.1) is 0 Å². The van der Waals surface area contributed by atoms with E-state index in [2.05, 4.69) is 45.2 Å². The Labute approximate surface area is 108 Å². The van der Waals surface area contributed by atoms with Crippen LogP contribution in [0.4, 0.5) is 0 Å². The summed E-state index contributed by atoms with van der Waals surface area (Å²) in [6, 6.07) is 0.790. The van der Waals surface area contributed by atoms with E-state index < -0.39 is 0 Å². The summed E-state index contributed by atoms with van der Waals surface area (Å²) < 4.78 is 0. The van der Waals surface area contributed by atoms with Gasteiger partial charge in [-0.25, -0.2) is 0 Å². The molecule has 0 saturated carbocycles. The second-order valence-corrected chi connectivity index (χ2v) is 5.59. The Morgan fingerprint density at radius 2 is 1.62 bits per heavy atom. The molecule has 0 aliphatic rings. The third-order valence-electron chi connectivity index (χ3n) is 3.16. The number of nitrogens with zero attached hydrogens (tertiary/aromatic N) is 1. The van der Waals surface area contributed by atoms with Gasteiger partial charge in [0.25, 0.3) is 0 Å². The average molecular weight is 245 g/mol. The molecule has 0 aliphatic heterocycles. The van der Waals surface area contributed by atoms with Crippen LogP contribution in [0.3, 0.4) is 0 Å². The first-order chi connectivity index (χ1) is 7.65. The van der Waals surface area contributed by atoms with Crippen molar-refractivity contribution >= 4 is 12.6 Å². The van der Waals surface area contributed by atoms with Crippen LogP contribution < -0.4 is 0 Å². The summed E-state index contributed by atoms with van der Waals surface area (Å²) in [5.41, 5.74) is 0. The van der Waals surface area contributed by atoms with Crippen molar-refractivity contribution in [3.63, 3.8) is 0 Å². The zero-order valence-electron chi connectivity index (χ0n) is 11.7. The molecule has 0 aliphatic carbocycles. The van der Waals surface area contributed by atoms with E-state index in [4.69, 9.17) is 0 Å². The van der Waals surface area contributed by atoms with Crippen LogP contribution in [0.5, 0.6) is 0 Å². The predicted molar refractivity (Wildman–Crippen MR) is 78.5 cm³/mol. The second kappa shape index (κ2) is 10.5. The monoisotopic (exact) mass is 245 g/mol. The summed E-state index contributed by atoms with van der Waals surface area (Å²) in [4.78, 5) is 2.70. The maximum atomic E-state index is 4.26. The summed E-state index contributed by atoms with van der Waals surface area (Å²) in [6.45, 7) is 11.8. The normalized spacial score (nSPS) is 12.0. The molecule has 98 valence electrons. The van der Waals surface area contributed by atoms with Crippen LogP contribution >= 0.6 is 12.6 Å². The Morgan fingerprint density at radius 1 is 1.00 bits per heavy atom. The van der Waals surface area contributed by atoms with Crippen LogP contribution in [0.15, 0.2) is 0 Å². The molecule has 1 nitrogen and oxygen atoms in total. The Kier molecular flexibility index (Phi) is 10.7. The standard InChI is InChI=1S/C14H31NS/c1-5-14(6-2)15(12-13(3)4)10-8-7-9-11-16/h13-14,16H,5-12H2,1-4H3. The van der Waals surface area contributed by atoms with E-state index >= 15 is 0 Å². The number of hydrogen-bond acceptors (Lipinski definition) is 2. The Morgan fingerprint density at radius 3 is 2.06 bits per heavy atom.